The van der Waals surface area contributed by atoms with Crippen LogP contribution in [-0.4, -0.2) is 23.8 Å². The second kappa shape index (κ2) is 8.59. The van der Waals surface area contributed by atoms with Crippen LogP contribution < -0.4 is 20.5 Å². The van der Waals surface area contributed by atoms with E-state index in [0.717, 1.165) is 4.90 Å². The maximum atomic E-state index is 12.7. The van der Waals surface area contributed by atoms with E-state index < -0.39 is 11.9 Å². The molecule has 150 valence electrons. The fraction of sp³-hybridized carbons (Fsp3) is 0.0870. The molecule has 0 aliphatic carbocycles. The van der Waals surface area contributed by atoms with Crippen LogP contribution in [0.4, 0.5) is 5.69 Å². The molecular formula is C23H19N3O4. The smallest absolute Gasteiger partial charge is 0.265 e. The maximum Gasteiger partial charge on any atom is 0.265 e. The predicted molar refractivity (Wildman–Crippen MR) is 111 cm³/mol. The third-order valence-corrected chi connectivity index (χ3v) is 4.62. The van der Waals surface area contributed by atoms with E-state index in [-0.39, 0.29) is 18.2 Å². The Bertz CT molecular complexity index is 1050. The van der Waals surface area contributed by atoms with E-state index in [0.29, 0.717) is 22.7 Å². The zero-order valence-electron chi connectivity index (χ0n) is 15.9. The van der Waals surface area contributed by atoms with Crippen molar-refractivity contribution in [1.82, 2.24) is 10.9 Å². The Balaban J connectivity index is 1.39. The summed E-state index contributed by atoms with van der Waals surface area (Å²) in [6, 6.07) is 23.8. The number of ether oxygens (including phenoxy) is 1. The molecule has 1 fully saturated rings. The van der Waals surface area contributed by atoms with Gasteiger partial charge in [-0.05, 0) is 48.5 Å². The summed E-state index contributed by atoms with van der Waals surface area (Å²) >= 11 is 0. The van der Waals surface area contributed by atoms with Crippen molar-refractivity contribution in [3.05, 3.63) is 90.5 Å². The Morgan fingerprint density at radius 2 is 1.43 bits per heavy atom. The molecule has 0 unspecified atom stereocenters. The van der Waals surface area contributed by atoms with Crippen LogP contribution in [-0.2, 0) is 9.59 Å². The standard InChI is InChI=1S/C23H19N3O4/c27-21-15-20(24-25-22(28)16-7-3-1-4-8-16)23(29)26(21)17-11-13-19(14-12-17)30-18-9-5-2-6-10-18/h1-14,20,24H,15H2,(H,25,28)/t20-/m0/s1. The number of amides is 3. The lowest BCUT2D eigenvalue weighted by Gasteiger charge is -2.16. The minimum Gasteiger partial charge on any atom is -0.457 e. The third kappa shape index (κ3) is 4.21. The van der Waals surface area contributed by atoms with Gasteiger partial charge in [0.25, 0.3) is 11.8 Å². The van der Waals surface area contributed by atoms with E-state index >= 15 is 0 Å². The molecule has 4 rings (SSSR count). The van der Waals surface area contributed by atoms with Gasteiger partial charge in [0, 0.05) is 5.56 Å². The van der Waals surface area contributed by atoms with Gasteiger partial charge in [-0.2, -0.15) is 0 Å². The van der Waals surface area contributed by atoms with Crippen molar-refractivity contribution in [2.75, 3.05) is 4.90 Å². The van der Waals surface area contributed by atoms with Gasteiger partial charge in [-0.25, -0.2) is 10.3 Å². The Morgan fingerprint density at radius 3 is 2.10 bits per heavy atom. The molecule has 0 saturated carbocycles. The molecular weight excluding hydrogens is 382 g/mol. The molecule has 0 spiro atoms. The molecule has 0 aromatic heterocycles. The molecule has 0 bridgehead atoms. The summed E-state index contributed by atoms with van der Waals surface area (Å²) in [6.45, 7) is 0. The number of rotatable bonds is 6. The lowest BCUT2D eigenvalue weighted by molar-refractivity contribution is -0.121. The second-order valence-electron chi connectivity index (χ2n) is 6.70. The monoisotopic (exact) mass is 401 g/mol. The average molecular weight is 401 g/mol. The van der Waals surface area contributed by atoms with Crippen LogP contribution in [0.3, 0.4) is 0 Å². The van der Waals surface area contributed by atoms with Crippen LogP contribution in [0, 0.1) is 0 Å². The van der Waals surface area contributed by atoms with E-state index in [1.165, 1.54) is 0 Å². The molecule has 1 aliphatic heterocycles. The summed E-state index contributed by atoms with van der Waals surface area (Å²) in [6.07, 6.45) is -0.0455. The summed E-state index contributed by atoms with van der Waals surface area (Å²) in [7, 11) is 0. The molecule has 3 aromatic rings. The van der Waals surface area contributed by atoms with Crippen LogP contribution in [0.25, 0.3) is 0 Å². The molecule has 3 amide bonds. The Hall–Kier alpha value is -3.97. The molecule has 3 aromatic carbocycles. The van der Waals surface area contributed by atoms with E-state index in [1.807, 2.05) is 30.3 Å². The van der Waals surface area contributed by atoms with Crippen molar-refractivity contribution in [2.45, 2.75) is 12.5 Å². The van der Waals surface area contributed by atoms with E-state index in [2.05, 4.69) is 10.9 Å². The molecule has 2 N–H and O–H groups in total. The maximum absolute atomic E-state index is 12.7. The molecule has 1 saturated heterocycles. The van der Waals surface area contributed by atoms with Gasteiger partial charge >= 0.3 is 0 Å². The predicted octanol–water partition coefficient (Wildman–Crippen LogP) is 3.05. The fourth-order valence-corrected chi connectivity index (χ4v) is 3.12. The number of benzene rings is 3. The highest BCUT2D eigenvalue weighted by Crippen LogP contribution is 2.27. The Morgan fingerprint density at radius 1 is 0.833 bits per heavy atom. The first kappa shape index (κ1) is 19.4. The highest BCUT2D eigenvalue weighted by molar-refractivity contribution is 6.22. The zero-order chi connectivity index (χ0) is 20.9. The van der Waals surface area contributed by atoms with Gasteiger partial charge in [-0.15, -0.1) is 0 Å². The first-order valence-electron chi connectivity index (χ1n) is 9.42. The number of carbonyl (C=O) groups is 3. The lowest BCUT2D eigenvalue weighted by Crippen LogP contribution is -2.48. The molecule has 1 atom stereocenters. The summed E-state index contributed by atoms with van der Waals surface area (Å²) in [5.74, 6) is 0.135. The lowest BCUT2D eigenvalue weighted by atomic mass is 10.2. The Labute approximate surface area is 173 Å². The number of carbonyl (C=O) groups excluding carboxylic acids is 3. The second-order valence-corrected chi connectivity index (χ2v) is 6.70. The molecule has 7 heteroatoms. The number of para-hydroxylation sites is 1. The summed E-state index contributed by atoms with van der Waals surface area (Å²) in [4.78, 5) is 38.3. The van der Waals surface area contributed by atoms with E-state index in [4.69, 9.17) is 4.74 Å². The highest BCUT2D eigenvalue weighted by Gasteiger charge is 2.39. The van der Waals surface area contributed by atoms with Crippen molar-refractivity contribution in [2.24, 2.45) is 0 Å². The molecule has 30 heavy (non-hydrogen) atoms. The molecule has 1 heterocycles. The van der Waals surface area contributed by atoms with E-state index in [1.54, 1.807) is 54.6 Å². The van der Waals surface area contributed by atoms with Crippen molar-refractivity contribution in [3.8, 4) is 11.5 Å². The molecule has 1 aliphatic rings. The topological polar surface area (TPSA) is 87.7 Å². The van der Waals surface area contributed by atoms with Crippen LogP contribution >= 0.6 is 0 Å². The number of hydrogen-bond acceptors (Lipinski definition) is 5. The number of nitrogens with one attached hydrogen (secondary N) is 2. The largest absolute Gasteiger partial charge is 0.457 e. The van der Waals surface area contributed by atoms with Gasteiger partial charge in [-0.1, -0.05) is 36.4 Å². The summed E-state index contributed by atoms with van der Waals surface area (Å²) < 4.78 is 5.73. The minimum absolute atomic E-state index is 0.0455. The minimum atomic E-state index is -0.828. The van der Waals surface area contributed by atoms with Crippen LogP contribution in [0.15, 0.2) is 84.9 Å². The van der Waals surface area contributed by atoms with Crippen LogP contribution in [0.2, 0.25) is 0 Å². The zero-order valence-corrected chi connectivity index (χ0v) is 15.9. The van der Waals surface area contributed by atoms with Gasteiger partial charge in [0.05, 0.1) is 12.1 Å². The van der Waals surface area contributed by atoms with Gasteiger partial charge in [0.2, 0.25) is 5.91 Å². The quantitative estimate of drug-likeness (QED) is 0.490. The van der Waals surface area contributed by atoms with Crippen molar-refractivity contribution >= 4 is 23.4 Å². The first-order chi connectivity index (χ1) is 14.6. The number of hydrazine groups is 1. The normalized spacial score (nSPS) is 15.9. The molecule has 7 nitrogen and oxygen atoms in total. The molecule has 0 radical (unpaired) electrons. The number of hydrogen-bond donors (Lipinski definition) is 2. The summed E-state index contributed by atoms with van der Waals surface area (Å²) in [5, 5.41) is 0. The number of nitrogens with zero attached hydrogens (tertiary/aromatic N) is 1. The Kier molecular flexibility index (Phi) is 5.54. The SMILES string of the molecule is O=C(NN[C@H]1CC(=O)N(c2ccc(Oc3ccccc3)cc2)C1=O)c1ccccc1. The van der Waals surface area contributed by atoms with Crippen molar-refractivity contribution < 1.29 is 19.1 Å². The van der Waals surface area contributed by atoms with Gasteiger partial charge in [0.1, 0.15) is 17.5 Å². The number of imide groups is 1. The van der Waals surface area contributed by atoms with Gasteiger partial charge in [-0.3, -0.25) is 19.8 Å². The fourth-order valence-electron chi connectivity index (χ4n) is 3.12. The van der Waals surface area contributed by atoms with Crippen molar-refractivity contribution in [1.29, 1.82) is 0 Å². The van der Waals surface area contributed by atoms with Crippen molar-refractivity contribution in [3.63, 3.8) is 0 Å². The first-order valence-corrected chi connectivity index (χ1v) is 9.42. The summed E-state index contributed by atoms with van der Waals surface area (Å²) in [5.41, 5.74) is 6.06. The number of anilines is 1. The van der Waals surface area contributed by atoms with Gasteiger partial charge < -0.3 is 4.74 Å². The highest BCUT2D eigenvalue weighted by atomic mass is 16.5. The average Bonchev–Trinajstić information content (AvgIpc) is 3.07. The third-order valence-electron chi connectivity index (χ3n) is 4.62. The van der Waals surface area contributed by atoms with E-state index in [9.17, 15) is 14.4 Å². The van der Waals surface area contributed by atoms with Crippen LogP contribution in [0.5, 0.6) is 11.5 Å². The van der Waals surface area contributed by atoms with Crippen LogP contribution in [0.1, 0.15) is 16.8 Å². The van der Waals surface area contributed by atoms with Gasteiger partial charge in [0.15, 0.2) is 0 Å².